The first kappa shape index (κ1) is 10.4. The summed E-state index contributed by atoms with van der Waals surface area (Å²) in [6.45, 7) is 2.31. The van der Waals surface area contributed by atoms with Crippen LogP contribution in [-0.2, 0) is 0 Å². The minimum atomic E-state index is -0.569. The summed E-state index contributed by atoms with van der Waals surface area (Å²) >= 11 is 0. The Balaban J connectivity index is 0. The molecule has 0 aliphatic carbocycles. The molecule has 7 heavy (non-hydrogen) atoms. The highest BCUT2D eigenvalue weighted by Gasteiger charge is 2.07. The van der Waals surface area contributed by atoms with Crippen molar-refractivity contribution in [1.29, 1.82) is 0 Å². The van der Waals surface area contributed by atoms with Crippen molar-refractivity contribution in [1.82, 2.24) is 0 Å². The molecule has 46 valence electrons. The molecule has 0 aliphatic heterocycles. The van der Waals surface area contributed by atoms with Crippen molar-refractivity contribution < 1.29 is 22.7 Å². The Bertz CT molecular complexity index is 39.9. The lowest BCUT2D eigenvalue weighted by atomic mass is 10.2. The highest BCUT2D eigenvalue weighted by Crippen LogP contribution is 1.74. The first-order valence-corrected chi connectivity index (χ1v) is 1.93. The van der Waals surface area contributed by atoms with Gasteiger partial charge in [0.1, 0.15) is 12.2 Å². The average molecular weight is 170 g/mol. The molecule has 0 aromatic carbocycles. The molecule has 0 radical (unpaired) electrons. The fourth-order valence-electron chi connectivity index (χ4n) is 0. The lowest BCUT2D eigenvalue weighted by Crippen LogP contribution is -3.00. The van der Waals surface area contributed by atoms with E-state index >= 15 is 0 Å². The summed E-state index contributed by atoms with van der Waals surface area (Å²) in [6, 6.07) is 0. The van der Waals surface area contributed by atoms with Gasteiger partial charge < -0.3 is 34.2 Å². The predicted octanol–water partition coefficient (Wildman–Crippen LogP) is -5.13. The third-order valence-corrected chi connectivity index (χ3v) is 0.539. The molecular weight excluding hydrogens is 158 g/mol. The standard InChI is InChI=1S/C3H11N3.BrH/c1-3(5,6)2-4;/h2,4-6H2,1H3;1H. The maximum atomic E-state index is 5.25. The second kappa shape index (κ2) is 3.37. The van der Waals surface area contributed by atoms with E-state index < -0.39 is 5.66 Å². The zero-order valence-corrected chi connectivity index (χ0v) is 6.03. The summed E-state index contributed by atoms with van der Waals surface area (Å²) in [7, 11) is 0. The first-order chi connectivity index (χ1) is 2.56. The van der Waals surface area contributed by atoms with Crippen LogP contribution in [-0.4, -0.2) is 12.2 Å². The minimum absolute atomic E-state index is 0. The van der Waals surface area contributed by atoms with Gasteiger partial charge in [-0.25, -0.2) is 0 Å². The van der Waals surface area contributed by atoms with Crippen molar-refractivity contribution >= 4 is 0 Å². The molecule has 0 saturated heterocycles. The largest absolute Gasteiger partial charge is 1.00 e. The molecule has 0 atom stereocenters. The summed E-state index contributed by atoms with van der Waals surface area (Å²) < 4.78 is 0. The zero-order chi connectivity index (χ0) is 5.21. The maximum absolute atomic E-state index is 5.25. The lowest BCUT2D eigenvalue weighted by molar-refractivity contribution is -0.379. The van der Waals surface area contributed by atoms with Gasteiger partial charge in [-0.05, 0) is 6.92 Å². The van der Waals surface area contributed by atoms with Gasteiger partial charge >= 0.3 is 0 Å². The van der Waals surface area contributed by atoms with E-state index in [1.54, 1.807) is 6.92 Å². The topological polar surface area (TPSA) is 79.7 Å². The van der Waals surface area contributed by atoms with E-state index in [1.807, 2.05) is 0 Å². The van der Waals surface area contributed by atoms with Gasteiger partial charge in [-0.2, -0.15) is 0 Å². The van der Waals surface area contributed by atoms with Gasteiger partial charge in [0, 0.05) is 0 Å². The Morgan fingerprint density at radius 2 is 1.71 bits per heavy atom. The van der Waals surface area contributed by atoms with E-state index in [0.717, 1.165) is 0 Å². The molecule has 0 fully saturated rings. The van der Waals surface area contributed by atoms with Crippen molar-refractivity contribution in [3.05, 3.63) is 0 Å². The summed E-state index contributed by atoms with van der Waals surface area (Å²) in [5.41, 5.74) is 13.4. The van der Waals surface area contributed by atoms with Crippen LogP contribution in [0.1, 0.15) is 6.92 Å². The van der Waals surface area contributed by atoms with Gasteiger partial charge in [-0.1, -0.05) is 0 Å². The molecule has 0 aromatic heterocycles. The number of quaternary nitrogens is 1. The van der Waals surface area contributed by atoms with Crippen LogP contribution in [0.4, 0.5) is 0 Å². The maximum Gasteiger partial charge on any atom is 0.111 e. The smallest absolute Gasteiger partial charge is 0.111 e. The minimum Gasteiger partial charge on any atom is -1.00 e. The van der Waals surface area contributed by atoms with E-state index in [9.17, 15) is 0 Å². The van der Waals surface area contributed by atoms with Crippen LogP contribution < -0.4 is 34.2 Å². The van der Waals surface area contributed by atoms with Gasteiger partial charge in [-0.15, -0.1) is 0 Å². The van der Waals surface area contributed by atoms with E-state index in [0.29, 0.717) is 6.54 Å². The van der Waals surface area contributed by atoms with E-state index in [1.165, 1.54) is 0 Å². The third-order valence-electron chi connectivity index (χ3n) is 0.539. The molecule has 0 bridgehead atoms. The summed E-state index contributed by atoms with van der Waals surface area (Å²) in [6.07, 6.45) is 0. The molecule has 0 aliphatic rings. The number of hydrogen-bond acceptors (Lipinski definition) is 2. The van der Waals surface area contributed by atoms with Crippen LogP contribution in [0.2, 0.25) is 0 Å². The van der Waals surface area contributed by atoms with Gasteiger partial charge in [-0.3, -0.25) is 0 Å². The fraction of sp³-hybridized carbons (Fsp3) is 1.00. The number of halogens is 1. The van der Waals surface area contributed by atoms with Crippen LogP contribution in [0.5, 0.6) is 0 Å². The second-order valence-electron chi connectivity index (χ2n) is 1.76. The Morgan fingerprint density at radius 3 is 1.71 bits per heavy atom. The van der Waals surface area contributed by atoms with Crippen LogP contribution >= 0.6 is 0 Å². The molecule has 0 spiro atoms. The van der Waals surface area contributed by atoms with Gasteiger partial charge in [0.05, 0.1) is 0 Å². The molecule has 0 unspecified atom stereocenters. The van der Waals surface area contributed by atoms with E-state index in [4.69, 9.17) is 11.5 Å². The Morgan fingerprint density at radius 1 is 1.57 bits per heavy atom. The normalized spacial score (nSPS) is 10.3. The summed E-state index contributed by atoms with van der Waals surface area (Å²) in [5, 5.41) is 0. The Labute approximate surface area is 54.0 Å². The molecule has 3 nitrogen and oxygen atoms in total. The molecule has 0 aromatic rings. The van der Waals surface area contributed by atoms with Gasteiger partial charge in [0.25, 0.3) is 0 Å². The molecular formula is C3H12BrN3. The molecule has 4 heteroatoms. The molecule has 7 N–H and O–H groups in total. The highest BCUT2D eigenvalue weighted by molar-refractivity contribution is 4.64. The van der Waals surface area contributed by atoms with E-state index in [2.05, 4.69) is 5.73 Å². The second-order valence-corrected chi connectivity index (χ2v) is 1.76. The van der Waals surface area contributed by atoms with Gasteiger partial charge in [0.2, 0.25) is 0 Å². The van der Waals surface area contributed by atoms with E-state index in [-0.39, 0.29) is 17.0 Å². The lowest BCUT2D eigenvalue weighted by Gasteiger charge is -2.10. The van der Waals surface area contributed by atoms with Gasteiger partial charge in [0.15, 0.2) is 0 Å². The van der Waals surface area contributed by atoms with Crippen LogP contribution in [0.3, 0.4) is 0 Å². The van der Waals surface area contributed by atoms with Crippen LogP contribution in [0.25, 0.3) is 0 Å². The van der Waals surface area contributed by atoms with Crippen molar-refractivity contribution in [3.8, 4) is 0 Å². The molecule has 0 saturated carbocycles. The van der Waals surface area contributed by atoms with Crippen molar-refractivity contribution in [2.24, 2.45) is 11.5 Å². The SMILES string of the molecule is CC(N)(N)C[NH3+].[Br-]. The summed E-state index contributed by atoms with van der Waals surface area (Å²) in [4.78, 5) is 0. The van der Waals surface area contributed by atoms with Crippen LogP contribution in [0.15, 0.2) is 0 Å². The Hall–Kier alpha value is 0.360. The van der Waals surface area contributed by atoms with Crippen molar-refractivity contribution in [2.45, 2.75) is 12.6 Å². The monoisotopic (exact) mass is 169 g/mol. The first-order valence-electron chi connectivity index (χ1n) is 1.93. The molecule has 0 rings (SSSR count). The zero-order valence-electron chi connectivity index (χ0n) is 4.45. The third kappa shape index (κ3) is 10.7. The predicted molar refractivity (Wildman–Crippen MR) is 24.5 cm³/mol. The average Bonchev–Trinajstić information content (AvgIpc) is 1.35. The fourth-order valence-corrected chi connectivity index (χ4v) is 0. The number of hydrogen-bond donors (Lipinski definition) is 3. The molecule has 0 amide bonds. The van der Waals surface area contributed by atoms with Crippen molar-refractivity contribution in [3.63, 3.8) is 0 Å². The number of rotatable bonds is 1. The number of nitrogens with two attached hydrogens (primary N) is 2. The highest BCUT2D eigenvalue weighted by atomic mass is 79.9. The Kier molecular flexibility index (Phi) is 4.99. The van der Waals surface area contributed by atoms with Crippen LogP contribution in [0, 0.1) is 0 Å². The summed E-state index contributed by atoms with van der Waals surface area (Å²) in [5.74, 6) is 0. The van der Waals surface area contributed by atoms with Crippen molar-refractivity contribution in [2.75, 3.05) is 6.54 Å². The quantitative estimate of drug-likeness (QED) is 0.344. The molecule has 0 heterocycles.